The average Bonchev–Trinajstić information content (AvgIpc) is 2.60. The van der Waals surface area contributed by atoms with Crippen molar-refractivity contribution in [1.29, 1.82) is 0 Å². The highest BCUT2D eigenvalue weighted by Gasteiger charge is 2.19. The Morgan fingerprint density at radius 2 is 1.81 bits per heavy atom. The van der Waals surface area contributed by atoms with Crippen LogP contribution < -0.4 is 10.6 Å². The van der Waals surface area contributed by atoms with Gasteiger partial charge in [-0.25, -0.2) is 4.79 Å². The van der Waals surface area contributed by atoms with Crippen LogP contribution in [0.25, 0.3) is 0 Å². The van der Waals surface area contributed by atoms with Crippen LogP contribution in [0.3, 0.4) is 0 Å². The summed E-state index contributed by atoms with van der Waals surface area (Å²) < 4.78 is 0. The van der Waals surface area contributed by atoms with Crippen molar-refractivity contribution in [2.24, 2.45) is 0 Å². The highest BCUT2D eigenvalue weighted by Crippen LogP contribution is 2.25. The smallest absolute Gasteiger partial charge is 0.315 e. The van der Waals surface area contributed by atoms with Crippen LogP contribution in [0.4, 0.5) is 4.79 Å². The van der Waals surface area contributed by atoms with E-state index in [-0.39, 0.29) is 23.6 Å². The summed E-state index contributed by atoms with van der Waals surface area (Å²) in [6, 6.07) is 6.83. The van der Waals surface area contributed by atoms with Gasteiger partial charge in [-0.1, -0.05) is 35.9 Å². The number of amides is 2. The molecule has 0 heterocycles. The van der Waals surface area contributed by atoms with Gasteiger partial charge in [0.15, 0.2) is 11.6 Å². The molecule has 1 unspecified atom stereocenters. The summed E-state index contributed by atoms with van der Waals surface area (Å²) in [5.74, 6) is 0.141. The Bertz CT molecular complexity index is 773. The van der Waals surface area contributed by atoms with Gasteiger partial charge in [-0.3, -0.25) is 9.59 Å². The largest absolute Gasteiger partial charge is 0.341 e. The lowest BCUT2D eigenvalue weighted by Crippen LogP contribution is -2.34. The number of nitrogens with one attached hydrogen (secondary N) is 2. The zero-order chi connectivity index (χ0) is 19.3. The molecule has 1 aliphatic carbocycles. The third-order valence-electron chi connectivity index (χ3n) is 4.62. The molecule has 2 N–H and O–H groups in total. The molecule has 1 aromatic carbocycles. The normalized spacial score (nSPS) is 15.4. The van der Waals surface area contributed by atoms with Gasteiger partial charge in [0.05, 0.1) is 6.04 Å². The first-order chi connectivity index (χ1) is 12.3. The first-order valence-electron chi connectivity index (χ1n) is 8.83. The Labute approximate surface area is 154 Å². The molecule has 1 atom stereocenters. The van der Waals surface area contributed by atoms with Gasteiger partial charge in [0, 0.05) is 25.5 Å². The third kappa shape index (κ3) is 4.91. The van der Waals surface area contributed by atoms with Crippen molar-refractivity contribution in [3.8, 4) is 0 Å². The minimum Gasteiger partial charge on any atom is -0.341 e. The highest BCUT2D eigenvalue weighted by atomic mass is 16.2. The number of hydrogen-bond donors (Lipinski definition) is 2. The Hall–Kier alpha value is -2.69. The fraction of sp³-hybridized carbons (Fsp3) is 0.381. The second-order valence-electron chi connectivity index (χ2n) is 6.74. The average molecular weight is 354 g/mol. The number of benzene rings is 1. The van der Waals surface area contributed by atoms with E-state index in [4.69, 9.17) is 0 Å². The molecular weight excluding hydrogens is 328 g/mol. The molecule has 5 nitrogen and oxygen atoms in total. The van der Waals surface area contributed by atoms with Gasteiger partial charge in [-0.15, -0.1) is 0 Å². The van der Waals surface area contributed by atoms with Gasteiger partial charge < -0.3 is 10.6 Å². The number of carbonyl (C=O) groups is 3. The third-order valence-corrected chi connectivity index (χ3v) is 4.62. The van der Waals surface area contributed by atoms with Crippen molar-refractivity contribution in [1.82, 2.24) is 10.6 Å². The molecule has 26 heavy (non-hydrogen) atoms. The SMILES string of the molecule is CNC(=O)NC(C)c1ccc(C(=O)CCC2=C(C)C=C(C)CC2=O)cc1. The number of allylic oxidation sites excluding steroid dienone is 4. The molecule has 0 bridgehead atoms. The van der Waals surface area contributed by atoms with Crippen LogP contribution in [0.1, 0.15) is 62.0 Å². The molecule has 5 heteroatoms. The Balaban J connectivity index is 1.99. The fourth-order valence-electron chi connectivity index (χ4n) is 3.12. The lowest BCUT2D eigenvalue weighted by molar-refractivity contribution is -0.115. The monoisotopic (exact) mass is 354 g/mol. The molecule has 0 fully saturated rings. The van der Waals surface area contributed by atoms with E-state index in [9.17, 15) is 14.4 Å². The van der Waals surface area contributed by atoms with Crippen LogP contribution in [0.15, 0.2) is 47.1 Å². The molecule has 0 saturated heterocycles. The van der Waals surface area contributed by atoms with E-state index >= 15 is 0 Å². The minimum absolute atomic E-state index is 0.0165. The van der Waals surface area contributed by atoms with Crippen LogP contribution in [-0.2, 0) is 4.79 Å². The first-order valence-corrected chi connectivity index (χ1v) is 8.83. The summed E-state index contributed by atoms with van der Waals surface area (Å²) in [7, 11) is 1.56. The predicted octanol–water partition coefficient (Wildman–Crippen LogP) is 3.88. The Morgan fingerprint density at radius 1 is 1.15 bits per heavy atom. The maximum absolute atomic E-state index is 12.4. The van der Waals surface area contributed by atoms with Gasteiger partial charge in [-0.05, 0) is 43.9 Å². The van der Waals surface area contributed by atoms with Gasteiger partial charge >= 0.3 is 6.03 Å². The lowest BCUT2D eigenvalue weighted by Gasteiger charge is -2.15. The number of Topliss-reactive ketones (excluding diaryl/α,β-unsaturated/α-hetero) is 2. The highest BCUT2D eigenvalue weighted by molar-refractivity contribution is 6.01. The van der Waals surface area contributed by atoms with E-state index in [1.165, 1.54) is 0 Å². The van der Waals surface area contributed by atoms with Crippen molar-refractivity contribution in [2.75, 3.05) is 7.05 Å². The number of hydrogen-bond acceptors (Lipinski definition) is 3. The van der Waals surface area contributed by atoms with Crippen molar-refractivity contribution < 1.29 is 14.4 Å². The Kier molecular flexibility index (Phi) is 6.50. The number of carbonyl (C=O) groups excluding carboxylic acids is 3. The zero-order valence-electron chi connectivity index (χ0n) is 15.8. The van der Waals surface area contributed by atoms with Gasteiger partial charge in [0.1, 0.15) is 0 Å². The second kappa shape index (κ2) is 8.61. The summed E-state index contributed by atoms with van der Waals surface area (Å²) in [4.78, 5) is 36.0. The van der Waals surface area contributed by atoms with Crippen LogP contribution in [0.5, 0.6) is 0 Å². The van der Waals surface area contributed by atoms with E-state index in [0.29, 0.717) is 24.8 Å². The number of rotatable bonds is 6. The summed E-state index contributed by atoms with van der Waals surface area (Å²) in [6.45, 7) is 5.76. The zero-order valence-corrected chi connectivity index (χ0v) is 15.8. The standard InChI is InChI=1S/C21H26N2O3/c1-13-11-14(2)18(20(25)12-13)9-10-19(24)17-7-5-16(6-8-17)15(3)23-21(26)22-4/h5-8,11,15H,9-10,12H2,1-4H3,(H2,22,23,26). The van der Waals surface area contributed by atoms with Crippen LogP contribution in [0, 0.1) is 0 Å². The van der Waals surface area contributed by atoms with Crippen LogP contribution in [-0.4, -0.2) is 24.6 Å². The summed E-state index contributed by atoms with van der Waals surface area (Å²) in [6.07, 6.45) is 3.27. The Morgan fingerprint density at radius 3 is 2.38 bits per heavy atom. The molecule has 0 aromatic heterocycles. The van der Waals surface area contributed by atoms with E-state index in [1.807, 2.05) is 39.0 Å². The molecule has 0 saturated carbocycles. The topological polar surface area (TPSA) is 75.3 Å². The summed E-state index contributed by atoms with van der Waals surface area (Å²) in [5, 5.41) is 5.30. The number of urea groups is 1. The van der Waals surface area contributed by atoms with E-state index in [2.05, 4.69) is 10.6 Å². The van der Waals surface area contributed by atoms with E-state index < -0.39 is 0 Å². The molecule has 2 amide bonds. The molecular formula is C21H26N2O3. The van der Waals surface area contributed by atoms with Crippen LogP contribution >= 0.6 is 0 Å². The first kappa shape index (κ1) is 19.6. The molecule has 0 aliphatic heterocycles. The van der Waals surface area contributed by atoms with Crippen molar-refractivity contribution >= 4 is 17.6 Å². The van der Waals surface area contributed by atoms with Crippen LogP contribution in [0.2, 0.25) is 0 Å². The lowest BCUT2D eigenvalue weighted by atomic mass is 9.89. The van der Waals surface area contributed by atoms with Gasteiger partial charge in [0.2, 0.25) is 0 Å². The van der Waals surface area contributed by atoms with Crippen molar-refractivity contribution in [2.45, 2.75) is 46.1 Å². The molecule has 0 radical (unpaired) electrons. The molecule has 2 rings (SSSR count). The number of ketones is 2. The van der Waals surface area contributed by atoms with Crippen molar-refractivity contribution in [3.05, 3.63) is 58.2 Å². The molecule has 138 valence electrons. The molecule has 0 spiro atoms. The maximum atomic E-state index is 12.4. The summed E-state index contributed by atoms with van der Waals surface area (Å²) >= 11 is 0. The quantitative estimate of drug-likeness (QED) is 0.761. The second-order valence-corrected chi connectivity index (χ2v) is 6.74. The summed E-state index contributed by atoms with van der Waals surface area (Å²) in [5.41, 5.74) is 4.35. The molecule has 1 aliphatic rings. The van der Waals surface area contributed by atoms with E-state index in [0.717, 1.165) is 22.3 Å². The maximum Gasteiger partial charge on any atom is 0.315 e. The fourth-order valence-corrected chi connectivity index (χ4v) is 3.12. The minimum atomic E-state index is -0.247. The predicted molar refractivity (Wildman–Crippen MR) is 102 cm³/mol. The van der Waals surface area contributed by atoms with Crippen molar-refractivity contribution in [3.63, 3.8) is 0 Å². The van der Waals surface area contributed by atoms with Gasteiger partial charge in [-0.2, -0.15) is 0 Å². The van der Waals surface area contributed by atoms with E-state index in [1.54, 1.807) is 19.2 Å². The molecule has 1 aromatic rings. The van der Waals surface area contributed by atoms with Gasteiger partial charge in [0.25, 0.3) is 0 Å².